The molecule has 0 atom stereocenters. The second kappa shape index (κ2) is 3.97. The van der Waals surface area contributed by atoms with Crippen molar-refractivity contribution in [1.29, 1.82) is 0 Å². The zero-order valence-corrected chi connectivity index (χ0v) is 8.16. The average molecular weight is 261 g/mol. The van der Waals surface area contributed by atoms with Crippen LogP contribution in [0, 0.1) is 6.92 Å². The maximum atomic E-state index is 12.5. The van der Waals surface area contributed by atoms with Crippen LogP contribution in [0.3, 0.4) is 0 Å². The first kappa shape index (κ1) is 13.4. The summed E-state index contributed by atoms with van der Waals surface area (Å²) >= 11 is 0. The first-order chi connectivity index (χ1) is 7.52. The second-order valence-electron chi connectivity index (χ2n) is 3.05. The van der Waals surface area contributed by atoms with Gasteiger partial charge in [0.1, 0.15) is 5.56 Å². The predicted octanol–water partition coefficient (Wildman–Crippen LogP) is 2.60. The largest absolute Gasteiger partial charge is 0.573 e. The van der Waals surface area contributed by atoms with Crippen LogP contribution in [-0.4, -0.2) is 11.3 Å². The molecular formula is C8H5F6NO2. The minimum Gasteiger partial charge on any atom is -0.399 e. The molecule has 17 heavy (non-hydrogen) atoms. The molecule has 3 nitrogen and oxygen atoms in total. The molecule has 0 fully saturated rings. The summed E-state index contributed by atoms with van der Waals surface area (Å²) in [4.78, 5) is 12.7. The van der Waals surface area contributed by atoms with Gasteiger partial charge in [-0.2, -0.15) is 13.2 Å². The van der Waals surface area contributed by atoms with Crippen molar-refractivity contribution in [2.45, 2.75) is 19.5 Å². The van der Waals surface area contributed by atoms with Gasteiger partial charge in [-0.05, 0) is 12.5 Å². The van der Waals surface area contributed by atoms with Crippen LogP contribution in [0.4, 0.5) is 26.3 Å². The van der Waals surface area contributed by atoms with E-state index < -0.39 is 35.0 Å². The number of hydrogen-bond acceptors (Lipinski definition) is 2. The lowest BCUT2D eigenvalue weighted by molar-refractivity contribution is -0.276. The Morgan fingerprint density at radius 1 is 1.18 bits per heavy atom. The third-order valence-electron chi connectivity index (χ3n) is 1.75. The summed E-state index contributed by atoms with van der Waals surface area (Å²) in [5.74, 6) is -1.80. The highest BCUT2D eigenvalue weighted by molar-refractivity contribution is 5.38. The van der Waals surface area contributed by atoms with Crippen molar-refractivity contribution < 1.29 is 31.1 Å². The smallest absolute Gasteiger partial charge is 0.399 e. The van der Waals surface area contributed by atoms with Gasteiger partial charge in [0, 0.05) is 6.20 Å². The van der Waals surface area contributed by atoms with E-state index >= 15 is 0 Å². The van der Waals surface area contributed by atoms with E-state index in [2.05, 4.69) is 4.74 Å². The molecule has 9 heteroatoms. The highest BCUT2D eigenvalue weighted by Crippen LogP contribution is 2.37. The van der Waals surface area contributed by atoms with E-state index in [0.717, 1.165) is 6.92 Å². The van der Waals surface area contributed by atoms with E-state index in [4.69, 9.17) is 0 Å². The van der Waals surface area contributed by atoms with Crippen LogP contribution >= 0.6 is 0 Å². The zero-order valence-electron chi connectivity index (χ0n) is 8.16. The van der Waals surface area contributed by atoms with E-state index in [0.29, 0.717) is 6.20 Å². The lowest BCUT2D eigenvalue weighted by atomic mass is 10.1. The van der Waals surface area contributed by atoms with Crippen molar-refractivity contribution in [3.63, 3.8) is 0 Å². The van der Waals surface area contributed by atoms with Crippen LogP contribution in [0.25, 0.3) is 0 Å². The molecule has 1 N–H and O–H groups in total. The second-order valence-corrected chi connectivity index (χ2v) is 3.05. The van der Waals surface area contributed by atoms with Gasteiger partial charge in [-0.25, -0.2) is 0 Å². The fraction of sp³-hybridized carbons (Fsp3) is 0.375. The number of hydrogen-bond donors (Lipinski definition) is 1. The fourth-order valence-corrected chi connectivity index (χ4v) is 1.17. The topological polar surface area (TPSA) is 42.1 Å². The summed E-state index contributed by atoms with van der Waals surface area (Å²) < 4.78 is 76.1. The highest BCUT2D eigenvalue weighted by Gasteiger charge is 2.42. The summed E-state index contributed by atoms with van der Waals surface area (Å²) in [6.07, 6.45) is -9.83. The van der Waals surface area contributed by atoms with Crippen molar-refractivity contribution in [3.8, 4) is 5.75 Å². The maximum Gasteiger partial charge on any atom is 0.573 e. The number of halogens is 6. The van der Waals surface area contributed by atoms with Crippen molar-refractivity contribution in [3.05, 3.63) is 27.7 Å². The summed E-state index contributed by atoms with van der Waals surface area (Å²) in [6.45, 7) is 0.905. The molecule has 1 aromatic heterocycles. The molecule has 0 saturated heterocycles. The third-order valence-corrected chi connectivity index (χ3v) is 1.75. The molecule has 1 rings (SSSR count). The molecule has 0 radical (unpaired) electrons. The fourth-order valence-electron chi connectivity index (χ4n) is 1.17. The lowest BCUT2D eigenvalue weighted by Gasteiger charge is -2.15. The molecule has 0 bridgehead atoms. The number of alkyl halides is 6. The van der Waals surface area contributed by atoms with Crippen LogP contribution in [0.2, 0.25) is 0 Å². The van der Waals surface area contributed by atoms with Gasteiger partial charge >= 0.3 is 12.5 Å². The monoisotopic (exact) mass is 261 g/mol. The average Bonchev–Trinajstić information content (AvgIpc) is 2.06. The van der Waals surface area contributed by atoms with Crippen LogP contribution in [0.1, 0.15) is 11.1 Å². The molecular weight excluding hydrogens is 256 g/mol. The first-order valence-electron chi connectivity index (χ1n) is 4.07. The van der Waals surface area contributed by atoms with Gasteiger partial charge in [-0.15, -0.1) is 13.2 Å². The van der Waals surface area contributed by atoms with Gasteiger partial charge < -0.3 is 9.72 Å². The van der Waals surface area contributed by atoms with Crippen LogP contribution in [0.15, 0.2) is 11.0 Å². The Morgan fingerprint density at radius 2 is 1.71 bits per heavy atom. The number of H-pyrrole nitrogens is 1. The molecule has 96 valence electrons. The molecule has 0 aromatic carbocycles. The molecule has 0 saturated carbocycles. The summed E-state index contributed by atoms with van der Waals surface area (Å²) in [7, 11) is 0. The Balaban J connectivity index is 3.47. The van der Waals surface area contributed by atoms with E-state index in [1.807, 2.05) is 0 Å². The van der Waals surface area contributed by atoms with Gasteiger partial charge in [0.2, 0.25) is 5.75 Å². The Bertz CT molecular complexity index is 472. The molecule has 0 unspecified atom stereocenters. The van der Waals surface area contributed by atoms with Gasteiger partial charge in [0.25, 0.3) is 5.56 Å². The zero-order chi connectivity index (χ0) is 13.4. The number of nitrogens with one attached hydrogen (secondary N) is 1. The SMILES string of the molecule is Cc1c[nH]c(=O)c(OC(F)(F)F)c1C(F)(F)F. The minimum absolute atomic E-state index is 0.573. The number of pyridine rings is 1. The molecule has 1 heterocycles. The van der Waals surface area contributed by atoms with Crippen molar-refractivity contribution >= 4 is 0 Å². The normalized spacial score (nSPS) is 12.6. The van der Waals surface area contributed by atoms with Gasteiger partial charge in [0.05, 0.1) is 0 Å². The minimum atomic E-state index is -5.37. The number of aromatic nitrogens is 1. The molecule has 0 amide bonds. The Labute approximate surface area is 90.0 Å². The van der Waals surface area contributed by atoms with Crippen LogP contribution < -0.4 is 10.3 Å². The van der Waals surface area contributed by atoms with Gasteiger partial charge in [-0.1, -0.05) is 0 Å². The molecule has 0 aliphatic heterocycles. The molecule has 1 aromatic rings. The Kier molecular flexibility index (Phi) is 3.13. The van der Waals surface area contributed by atoms with E-state index in [1.54, 1.807) is 4.98 Å². The van der Waals surface area contributed by atoms with Crippen molar-refractivity contribution in [2.75, 3.05) is 0 Å². The van der Waals surface area contributed by atoms with E-state index in [-0.39, 0.29) is 0 Å². The predicted molar refractivity (Wildman–Crippen MR) is 43.5 cm³/mol. The number of ether oxygens (including phenoxy) is 1. The summed E-state index contributed by atoms with van der Waals surface area (Å²) in [5.41, 5.74) is -3.91. The number of aromatic amines is 1. The summed E-state index contributed by atoms with van der Waals surface area (Å²) in [6, 6.07) is 0. The third kappa shape index (κ3) is 3.14. The van der Waals surface area contributed by atoms with Gasteiger partial charge in [0.15, 0.2) is 0 Å². The van der Waals surface area contributed by atoms with E-state index in [9.17, 15) is 31.1 Å². The van der Waals surface area contributed by atoms with Crippen molar-refractivity contribution in [1.82, 2.24) is 4.98 Å². The Hall–Kier alpha value is -1.67. The highest BCUT2D eigenvalue weighted by atomic mass is 19.4. The molecule has 0 aliphatic rings. The Morgan fingerprint density at radius 3 is 2.12 bits per heavy atom. The van der Waals surface area contributed by atoms with Crippen LogP contribution in [-0.2, 0) is 6.18 Å². The number of rotatable bonds is 1. The standard InChI is InChI=1S/C8H5F6NO2/c1-3-2-15-6(16)5(17-8(12,13)14)4(3)7(9,10)11/h2H,1H3,(H,15,16). The van der Waals surface area contributed by atoms with Crippen molar-refractivity contribution in [2.24, 2.45) is 0 Å². The summed E-state index contributed by atoms with van der Waals surface area (Å²) in [5, 5.41) is 0. The first-order valence-corrected chi connectivity index (χ1v) is 4.07. The van der Waals surface area contributed by atoms with Crippen LogP contribution in [0.5, 0.6) is 5.75 Å². The molecule has 0 aliphatic carbocycles. The molecule has 0 spiro atoms. The maximum absolute atomic E-state index is 12.5. The quantitative estimate of drug-likeness (QED) is 0.789. The van der Waals surface area contributed by atoms with E-state index in [1.165, 1.54) is 0 Å². The number of aryl methyl sites for hydroxylation is 1. The lowest BCUT2D eigenvalue weighted by Crippen LogP contribution is -2.27. The van der Waals surface area contributed by atoms with Gasteiger partial charge in [-0.3, -0.25) is 4.79 Å².